The van der Waals surface area contributed by atoms with Gasteiger partial charge in [0.2, 0.25) is 0 Å². The van der Waals surface area contributed by atoms with E-state index < -0.39 is 5.54 Å². The molecule has 3 rings (SSSR count). The molecule has 1 atom stereocenters. The van der Waals surface area contributed by atoms with Crippen LogP contribution in [0.25, 0.3) is 0 Å². The topological polar surface area (TPSA) is 43.9 Å². The van der Waals surface area contributed by atoms with Crippen molar-refractivity contribution >= 4 is 11.9 Å². The fourth-order valence-electron chi connectivity index (χ4n) is 5.09. The first-order chi connectivity index (χ1) is 13.8. The first-order valence-corrected chi connectivity index (χ1v) is 11.5. The lowest BCUT2D eigenvalue weighted by Crippen LogP contribution is -2.57. The van der Waals surface area contributed by atoms with Gasteiger partial charge in [-0.15, -0.1) is 0 Å². The van der Waals surface area contributed by atoms with Crippen LogP contribution < -0.4 is 0 Å². The molecule has 2 aliphatic heterocycles. The molecule has 0 unspecified atom stereocenters. The van der Waals surface area contributed by atoms with E-state index in [0.717, 1.165) is 51.7 Å². The van der Waals surface area contributed by atoms with E-state index in [-0.39, 0.29) is 11.9 Å². The van der Waals surface area contributed by atoms with Crippen LogP contribution in [0, 0.1) is 11.8 Å². The van der Waals surface area contributed by atoms with E-state index in [1.807, 2.05) is 11.8 Å². The quantitative estimate of drug-likeness (QED) is 0.467. The number of hydrogen-bond acceptors (Lipinski definition) is 3. The summed E-state index contributed by atoms with van der Waals surface area (Å²) in [7, 11) is 0. The molecule has 0 saturated carbocycles. The number of nitrogens with zero attached hydrogens (tertiary/aromatic N) is 3. The van der Waals surface area contributed by atoms with E-state index in [1.165, 1.54) is 22.5 Å². The van der Waals surface area contributed by atoms with Crippen LogP contribution in [-0.2, 0) is 4.79 Å². The second-order valence-corrected chi connectivity index (χ2v) is 9.65. The van der Waals surface area contributed by atoms with Crippen LogP contribution in [0.3, 0.4) is 0 Å². The van der Waals surface area contributed by atoms with Crippen molar-refractivity contribution in [3.8, 4) is 0 Å². The van der Waals surface area contributed by atoms with Gasteiger partial charge >= 0.3 is 6.03 Å². The number of hydrogen-bond donors (Lipinski definition) is 0. The molecule has 0 N–H and O–H groups in total. The lowest BCUT2D eigenvalue weighted by atomic mass is 9.83. The van der Waals surface area contributed by atoms with Gasteiger partial charge in [-0.25, -0.2) is 4.79 Å². The van der Waals surface area contributed by atoms with Gasteiger partial charge in [-0.05, 0) is 64.2 Å². The first-order valence-electron chi connectivity index (χ1n) is 11.5. The van der Waals surface area contributed by atoms with Crippen molar-refractivity contribution in [2.75, 3.05) is 32.7 Å². The summed E-state index contributed by atoms with van der Waals surface area (Å²) in [4.78, 5) is 32.0. The SMILES string of the molecule is C=C(C)[C@@H]1CC=C(CN2CCC3(CC2)C(=O)N(CC)C(=O)N3CCC(C)C)CC1. The minimum absolute atomic E-state index is 0.0367. The molecule has 0 aromatic heterocycles. The fourth-order valence-corrected chi connectivity index (χ4v) is 5.09. The van der Waals surface area contributed by atoms with E-state index in [1.54, 1.807) is 0 Å². The summed E-state index contributed by atoms with van der Waals surface area (Å²) >= 11 is 0. The van der Waals surface area contributed by atoms with Gasteiger partial charge in [-0.1, -0.05) is 37.6 Å². The minimum atomic E-state index is -0.607. The van der Waals surface area contributed by atoms with E-state index in [9.17, 15) is 9.59 Å². The molecular formula is C24H39N3O2. The largest absolute Gasteiger partial charge is 0.327 e. The molecule has 0 aromatic carbocycles. The van der Waals surface area contributed by atoms with Crippen LogP contribution in [0.2, 0.25) is 0 Å². The standard InChI is InChI=1S/C24H39N3O2/c1-6-26-22(28)24(27(23(26)29)14-11-18(2)3)12-15-25(16-13-24)17-20-7-9-21(10-8-20)19(4)5/h7,18,21H,4,6,8-17H2,1-3,5H3/t21-/m1/s1. The highest BCUT2D eigenvalue weighted by atomic mass is 16.2. The molecule has 0 bridgehead atoms. The smallest absolute Gasteiger partial charge is 0.309 e. The van der Waals surface area contributed by atoms with Crippen LogP contribution in [0.15, 0.2) is 23.8 Å². The third-order valence-corrected chi connectivity index (χ3v) is 7.18. The molecular weight excluding hydrogens is 362 g/mol. The van der Waals surface area contributed by atoms with Gasteiger partial charge in [0.1, 0.15) is 5.54 Å². The van der Waals surface area contributed by atoms with Gasteiger partial charge in [0.15, 0.2) is 0 Å². The summed E-state index contributed by atoms with van der Waals surface area (Å²) in [6.07, 6.45) is 8.34. The highest BCUT2D eigenvalue weighted by molar-refractivity contribution is 6.07. The number of carbonyl (C=O) groups excluding carboxylic acids is 2. The molecule has 0 radical (unpaired) electrons. The van der Waals surface area contributed by atoms with Crippen molar-refractivity contribution < 1.29 is 9.59 Å². The molecule has 29 heavy (non-hydrogen) atoms. The molecule has 2 saturated heterocycles. The Hall–Kier alpha value is -1.62. The lowest BCUT2D eigenvalue weighted by molar-refractivity contribution is -0.135. The number of likely N-dealkylation sites (N-methyl/N-ethyl adjacent to an activating group) is 1. The maximum Gasteiger partial charge on any atom is 0.327 e. The average Bonchev–Trinajstić information content (AvgIpc) is 2.88. The van der Waals surface area contributed by atoms with Gasteiger partial charge in [0.25, 0.3) is 5.91 Å². The number of amides is 3. The van der Waals surface area contributed by atoms with E-state index in [0.29, 0.717) is 24.9 Å². The zero-order valence-corrected chi connectivity index (χ0v) is 18.9. The summed E-state index contributed by atoms with van der Waals surface area (Å²) in [6.45, 7) is 16.4. The predicted octanol–water partition coefficient (Wildman–Crippen LogP) is 4.45. The maximum atomic E-state index is 13.2. The van der Waals surface area contributed by atoms with Crippen molar-refractivity contribution in [2.24, 2.45) is 11.8 Å². The van der Waals surface area contributed by atoms with Crippen molar-refractivity contribution in [3.63, 3.8) is 0 Å². The number of likely N-dealkylation sites (tertiary alicyclic amines) is 1. The fraction of sp³-hybridized carbons (Fsp3) is 0.750. The number of allylic oxidation sites excluding steroid dienone is 2. The Morgan fingerprint density at radius 2 is 1.97 bits per heavy atom. The second-order valence-electron chi connectivity index (χ2n) is 9.65. The predicted molar refractivity (Wildman–Crippen MR) is 118 cm³/mol. The highest BCUT2D eigenvalue weighted by Gasteiger charge is 2.57. The number of carbonyl (C=O) groups is 2. The zero-order valence-electron chi connectivity index (χ0n) is 18.9. The number of imide groups is 1. The molecule has 3 aliphatic rings. The van der Waals surface area contributed by atoms with Gasteiger partial charge in [0.05, 0.1) is 0 Å². The normalized spacial score (nSPS) is 25.3. The average molecular weight is 402 g/mol. The molecule has 1 aliphatic carbocycles. The molecule has 0 aromatic rings. The number of rotatable bonds is 7. The minimum Gasteiger partial charge on any atom is -0.309 e. The molecule has 3 amide bonds. The molecule has 1 spiro atoms. The number of urea groups is 1. The van der Waals surface area contributed by atoms with Crippen molar-refractivity contribution in [3.05, 3.63) is 23.8 Å². The Labute approximate surface area is 176 Å². The van der Waals surface area contributed by atoms with Crippen LogP contribution >= 0.6 is 0 Å². The summed E-state index contributed by atoms with van der Waals surface area (Å²) in [6, 6.07) is -0.0765. The third kappa shape index (κ3) is 4.45. The molecule has 162 valence electrons. The zero-order chi connectivity index (χ0) is 21.2. The lowest BCUT2D eigenvalue weighted by Gasteiger charge is -2.43. The Morgan fingerprint density at radius 1 is 1.28 bits per heavy atom. The van der Waals surface area contributed by atoms with Gasteiger partial charge in [-0.2, -0.15) is 0 Å². The third-order valence-electron chi connectivity index (χ3n) is 7.18. The van der Waals surface area contributed by atoms with Gasteiger partial charge < -0.3 is 4.90 Å². The van der Waals surface area contributed by atoms with Gasteiger partial charge in [0, 0.05) is 32.7 Å². The van der Waals surface area contributed by atoms with Crippen molar-refractivity contribution in [2.45, 2.75) is 71.8 Å². The summed E-state index contributed by atoms with van der Waals surface area (Å²) in [5.41, 5.74) is 2.22. The molecule has 5 heteroatoms. The highest BCUT2D eigenvalue weighted by Crippen LogP contribution is 2.38. The van der Waals surface area contributed by atoms with Crippen LogP contribution in [-0.4, -0.2) is 64.9 Å². The Balaban J connectivity index is 1.64. The Bertz CT molecular complexity index is 674. The maximum absolute atomic E-state index is 13.2. The van der Waals surface area contributed by atoms with Crippen LogP contribution in [0.5, 0.6) is 0 Å². The first kappa shape index (κ1) is 22.1. The van der Waals surface area contributed by atoms with Crippen molar-refractivity contribution in [1.29, 1.82) is 0 Å². The van der Waals surface area contributed by atoms with E-state index >= 15 is 0 Å². The van der Waals surface area contributed by atoms with Crippen molar-refractivity contribution in [1.82, 2.24) is 14.7 Å². The molecule has 2 fully saturated rings. The molecule has 5 nitrogen and oxygen atoms in total. The molecule has 2 heterocycles. The van der Waals surface area contributed by atoms with E-state index in [2.05, 4.69) is 38.3 Å². The summed E-state index contributed by atoms with van der Waals surface area (Å²) in [5, 5.41) is 0. The summed E-state index contributed by atoms with van der Waals surface area (Å²) < 4.78 is 0. The number of piperidine rings is 1. The van der Waals surface area contributed by atoms with Crippen LogP contribution in [0.1, 0.15) is 66.2 Å². The Kier molecular flexibility index (Phi) is 6.87. The summed E-state index contributed by atoms with van der Waals surface area (Å²) in [5.74, 6) is 1.20. The second kappa shape index (κ2) is 9.03. The van der Waals surface area contributed by atoms with Gasteiger partial charge in [-0.3, -0.25) is 14.6 Å². The van der Waals surface area contributed by atoms with E-state index in [4.69, 9.17) is 0 Å². The monoisotopic (exact) mass is 401 g/mol. The van der Waals surface area contributed by atoms with Crippen LogP contribution in [0.4, 0.5) is 4.79 Å². The Morgan fingerprint density at radius 3 is 2.48 bits per heavy atom.